The van der Waals surface area contributed by atoms with Crippen LogP contribution in [0, 0.1) is 5.82 Å². The fourth-order valence-corrected chi connectivity index (χ4v) is 4.70. The second-order valence-electron chi connectivity index (χ2n) is 6.69. The molecule has 0 aliphatic rings. The molecular weight excluding hydrogens is 425 g/mol. The molecule has 0 saturated carbocycles. The molecule has 4 aromatic rings. The largest absolute Gasteiger partial charge is 0.350 e. The number of thiophene rings is 2. The van der Waals surface area contributed by atoms with Crippen LogP contribution in [0.2, 0.25) is 0 Å². The van der Waals surface area contributed by atoms with Crippen molar-refractivity contribution in [3.63, 3.8) is 0 Å². The standard InChI is InChI=1S/C21H18FN3O3S2/c22-15-5-3-14(4-6-15)12-23-18(26)13-25-17-8-11-30-19(17)20(27)24(21(25)28)9-7-16-2-1-10-29-16/h1-6,8,10-11H,7,9,12-13H2,(H,23,26). The number of nitrogens with zero attached hydrogens (tertiary/aromatic N) is 2. The number of hydrogen-bond donors (Lipinski definition) is 1. The summed E-state index contributed by atoms with van der Waals surface area (Å²) < 4.78 is 16.0. The maximum absolute atomic E-state index is 13.0. The van der Waals surface area contributed by atoms with Gasteiger partial charge in [-0.2, -0.15) is 0 Å². The van der Waals surface area contributed by atoms with E-state index in [0.717, 1.165) is 10.4 Å². The van der Waals surface area contributed by atoms with Crippen molar-refractivity contribution in [2.75, 3.05) is 0 Å². The first-order valence-electron chi connectivity index (χ1n) is 9.27. The Morgan fingerprint density at radius 3 is 2.53 bits per heavy atom. The number of rotatable bonds is 7. The quantitative estimate of drug-likeness (QED) is 0.477. The highest BCUT2D eigenvalue weighted by Gasteiger charge is 2.16. The van der Waals surface area contributed by atoms with Gasteiger partial charge in [-0.1, -0.05) is 18.2 Å². The number of aromatic nitrogens is 2. The summed E-state index contributed by atoms with van der Waals surface area (Å²) in [5.41, 5.74) is 0.377. The number of fused-ring (bicyclic) bond motifs is 1. The smallest absolute Gasteiger partial charge is 0.332 e. The number of aryl methyl sites for hydroxylation is 1. The molecule has 0 spiro atoms. The molecule has 0 saturated heterocycles. The minimum absolute atomic E-state index is 0.202. The molecule has 0 fully saturated rings. The SMILES string of the molecule is O=C(Cn1c(=O)n(CCc2cccs2)c(=O)c2sccc21)NCc1ccc(F)cc1. The van der Waals surface area contributed by atoms with Crippen LogP contribution in [0.3, 0.4) is 0 Å². The van der Waals surface area contributed by atoms with Gasteiger partial charge in [0.15, 0.2) is 0 Å². The molecule has 0 atom stereocenters. The monoisotopic (exact) mass is 443 g/mol. The highest BCUT2D eigenvalue weighted by atomic mass is 32.1. The number of halogens is 1. The molecule has 6 nitrogen and oxygen atoms in total. The van der Waals surface area contributed by atoms with Gasteiger partial charge in [-0.05, 0) is 47.0 Å². The maximum Gasteiger partial charge on any atom is 0.332 e. The van der Waals surface area contributed by atoms with Gasteiger partial charge >= 0.3 is 5.69 Å². The van der Waals surface area contributed by atoms with Gasteiger partial charge in [0.25, 0.3) is 5.56 Å². The fraction of sp³-hybridized carbons (Fsp3) is 0.190. The zero-order chi connectivity index (χ0) is 21.1. The lowest BCUT2D eigenvalue weighted by molar-refractivity contribution is -0.121. The Bertz CT molecular complexity index is 1290. The summed E-state index contributed by atoms with van der Waals surface area (Å²) in [5.74, 6) is -0.710. The Kier molecular flexibility index (Phi) is 5.91. The maximum atomic E-state index is 13.0. The number of hydrogen-bond acceptors (Lipinski definition) is 5. The number of nitrogens with one attached hydrogen (secondary N) is 1. The van der Waals surface area contributed by atoms with Crippen LogP contribution in [0.15, 0.2) is 62.8 Å². The van der Waals surface area contributed by atoms with Gasteiger partial charge in [0, 0.05) is 18.0 Å². The molecule has 30 heavy (non-hydrogen) atoms. The summed E-state index contributed by atoms with van der Waals surface area (Å²) in [5, 5.41) is 6.42. The van der Waals surface area contributed by atoms with Crippen molar-refractivity contribution in [2.24, 2.45) is 0 Å². The van der Waals surface area contributed by atoms with Crippen LogP contribution in [0.25, 0.3) is 10.2 Å². The fourth-order valence-electron chi connectivity index (χ4n) is 3.16. The van der Waals surface area contributed by atoms with E-state index >= 15 is 0 Å². The van der Waals surface area contributed by atoms with Crippen molar-refractivity contribution in [1.29, 1.82) is 0 Å². The molecule has 3 aromatic heterocycles. The number of carbonyl (C=O) groups excluding carboxylic acids is 1. The first-order valence-corrected chi connectivity index (χ1v) is 11.0. The van der Waals surface area contributed by atoms with E-state index in [9.17, 15) is 18.8 Å². The van der Waals surface area contributed by atoms with Crippen LogP contribution in [0.1, 0.15) is 10.4 Å². The van der Waals surface area contributed by atoms with E-state index in [1.807, 2.05) is 17.5 Å². The third-order valence-electron chi connectivity index (χ3n) is 4.70. The van der Waals surface area contributed by atoms with Crippen molar-refractivity contribution in [3.05, 3.63) is 90.3 Å². The predicted molar refractivity (Wildman–Crippen MR) is 117 cm³/mol. The molecule has 3 heterocycles. The molecule has 1 N–H and O–H groups in total. The van der Waals surface area contributed by atoms with Crippen LogP contribution in [-0.2, 0) is 30.8 Å². The minimum Gasteiger partial charge on any atom is -0.350 e. The van der Waals surface area contributed by atoms with E-state index in [1.54, 1.807) is 34.9 Å². The molecule has 0 radical (unpaired) electrons. The Morgan fingerprint density at radius 2 is 1.80 bits per heavy atom. The summed E-state index contributed by atoms with van der Waals surface area (Å²) in [7, 11) is 0. The zero-order valence-corrected chi connectivity index (χ0v) is 17.5. The molecule has 0 aliphatic heterocycles. The van der Waals surface area contributed by atoms with Crippen molar-refractivity contribution >= 4 is 38.8 Å². The van der Waals surface area contributed by atoms with E-state index in [2.05, 4.69) is 5.32 Å². The van der Waals surface area contributed by atoms with Gasteiger partial charge < -0.3 is 5.32 Å². The van der Waals surface area contributed by atoms with Gasteiger partial charge in [0.05, 0.1) is 5.52 Å². The van der Waals surface area contributed by atoms with Crippen molar-refractivity contribution in [1.82, 2.24) is 14.5 Å². The molecular formula is C21H18FN3O3S2. The predicted octanol–water partition coefficient (Wildman–Crippen LogP) is 2.98. The Labute approximate surface area is 178 Å². The van der Waals surface area contributed by atoms with Gasteiger partial charge in [-0.25, -0.2) is 9.18 Å². The summed E-state index contributed by atoms with van der Waals surface area (Å²) in [6, 6.07) is 11.4. The van der Waals surface area contributed by atoms with Crippen molar-refractivity contribution in [2.45, 2.75) is 26.1 Å². The average Bonchev–Trinajstić information content (AvgIpc) is 3.43. The van der Waals surface area contributed by atoms with E-state index in [1.165, 1.54) is 32.6 Å². The third-order valence-corrected chi connectivity index (χ3v) is 6.53. The zero-order valence-electron chi connectivity index (χ0n) is 15.8. The van der Waals surface area contributed by atoms with Crippen LogP contribution < -0.4 is 16.6 Å². The van der Waals surface area contributed by atoms with E-state index in [0.29, 0.717) is 16.6 Å². The summed E-state index contributed by atoms with van der Waals surface area (Å²) in [4.78, 5) is 39.4. The minimum atomic E-state index is -0.501. The summed E-state index contributed by atoms with van der Waals surface area (Å²) in [6.45, 7) is 0.272. The van der Waals surface area contributed by atoms with Crippen LogP contribution >= 0.6 is 22.7 Å². The lowest BCUT2D eigenvalue weighted by atomic mass is 10.2. The Morgan fingerprint density at radius 1 is 1.00 bits per heavy atom. The molecule has 4 rings (SSSR count). The first kappa shape index (κ1) is 20.2. The molecule has 1 amide bonds. The highest BCUT2D eigenvalue weighted by molar-refractivity contribution is 7.17. The highest BCUT2D eigenvalue weighted by Crippen LogP contribution is 2.16. The number of carbonyl (C=O) groups is 1. The second-order valence-corrected chi connectivity index (χ2v) is 8.64. The van der Waals surface area contributed by atoms with Gasteiger partial charge in [0.1, 0.15) is 17.1 Å². The topological polar surface area (TPSA) is 73.1 Å². The normalized spacial score (nSPS) is 11.1. The van der Waals surface area contributed by atoms with Gasteiger partial charge in [0.2, 0.25) is 5.91 Å². The Hall–Kier alpha value is -3.04. The third kappa shape index (κ3) is 4.27. The summed E-state index contributed by atoms with van der Waals surface area (Å²) >= 11 is 2.83. The molecule has 154 valence electrons. The first-order chi connectivity index (χ1) is 14.5. The van der Waals surface area contributed by atoms with E-state index < -0.39 is 5.69 Å². The number of amides is 1. The van der Waals surface area contributed by atoms with Crippen LogP contribution in [0.5, 0.6) is 0 Å². The van der Waals surface area contributed by atoms with Crippen molar-refractivity contribution in [3.8, 4) is 0 Å². The van der Waals surface area contributed by atoms with Gasteiger partial charge in [-0.15, -0.1) is 22.7 Å². The lowest BCUT2D eigenvalue weighted by Crippen LogP contribution is -2.42. The van der Waals surface area contributed by atoms with Crippen LogP contribution in [-0.4, -0.2) is 15.0 Å². The average molecular weight is 444 g/mol. The molecule has 0 bridgehead atoms. The lowest BCUT2D eigenvalue weighted by Gasteiger charge is -2.12. The second kappa shape index (κ2) is 8.76. The summed E-state index contributed by atoms with van der Waals surface area (Å²) in [6.07, 6.45) is 0.570. The van der Waals surface area contributed by atoms with Gasteiger partial charge in [-0.3, -0.25) is 18.7 Å². The van der Waals surface area contributed by atoms with Crippen LogP contribution in [0.4, 0.5) is 4.39 Å². The van der Waals surface area contributed by atoms with Crippen molar-refractivity contribution < 1.29 is 9.18 Å². The molecule has 0 unspecified atom stereocenters. The van der Waals surface area contributed by atoms with E-state index in [-0.39, 0.29) is 36.9 Å². The molecule has 1 aromatic carbocycles. The van der Waals surface area contributed by atoms with E-state index in [4.69, 9.17) is 0 Å². The number of benzene rings is 1. The molecule has 0 aliphatic carbocycles. The molecule has 9 heteroatoms. The Balaban J connectivity index is 1.57.